The van der Waals surface area contributed by atoms with E-state index in [0.29, 0.717) is 0 Å². The fourth-order valence-corrected chi connectivity index (χ4v) is 2.54. The molecule has 0 atom stereocenters. The summed E-state index contributed by atoms with van der Waals surface area (Å²) in [5.41, 5.74) is 4.06. The summed E-state index contributed by atoms with van der Waals surface area (Å²) in [6, 6.07) is 8.57. The van der Waals surface area contributed by atoms with Gasteiger partial charge in [0.05, 0.1) is 0 Å². The van der Waals surface area contributed by atoms with Gasteiger partial charge in [0.15, 0.2) is 5.96 Å². The van der Waals surface area contributed by atoms with Crippen LogP contribution in [0.4, 0.5) is 0 Å². The van der Waals surface area contributed by atoms with Gasteiger partial charge in [-0.05, 0) is 43.9 Å². The fourth-order valence-electron chi connectivity index (χ4n) is 2.54. The molecule has 124 valence electrons. The van der Waals surface area contributed by atoms with Crippen LogP contribution in [0.3, 0.4) is 0 Å². The van der Waals surface area contributed by atoms with Gasteiger partial charge in [-0.1, -0.05) is 23.8 Å². The molecule has 0 spiro atoms. The highest BCUT2D eigenvalue weighted by Crippen LogP contribution is 2.10. The number of rotatable bonds is 7. The van der Waals surface area contributed by atoms with Crippen LogP contribution in [-0.4, -0.2) is 35.9 Å². The van der Waals surface area contributed by atoms with Crippen molar-refractivity contribution in [2.24, 2.45) is 4.99 Å². The molecule has 0 saturated carbocycles. The number of nitrogens with zero attached hydrogens (tertiary/aromatic N) is 3. The number of nitrogens with one attached hydrogen (secondary N) is 2. The third kappa shape index (κ3) is 5.77. The second-order valence-corrected chi connectivity index (χ2v) is 5.73. The molecule has 0 saturated heterocycles. The number of guanidine groups is 1. The molecule has 0 amide bonds. The fraction of sp³-hybridized carbons (Fsp3) is 0.444. The third-order valence-electron chi connectivity index (χ3n) is 3.82. The van der Waals surface area contributed by atoms with Gasteiger partial charge in [-0.25, -0.2) is 0 Å². The molecule has 2 rings (SSSR count). The summed E-state index contributed by atoms with van der Waals surface area (Å²) in [5, 5.41) is 10.9. The first kappa shape index (κ1) is 17.1. The Morgan fingerprint density at radius 1 is 1.22 bits per heavy atom. The van der Waals surface area contributed by atoms with Gasteiger partial charge in [0.2, 0.25) is 0 Å². The van der Waals surface area contributed by atoms with Crippen LogP contribution in [0, 0.1) is 13.8 Å². The Hall–Kier alpha value is -2.30. The van der Waals surface area contributed by atoms with Crippen molar-refractivity contribution in [3.63, 3.8) is 0 Å². The molecule has 0 aliphatic rings. The van der Waals surface area contributed by atoms with E-state index in [1.165, 1.54) is 16.7 Å². The molecule has 0 unspecified atom stereocenters. The highest BCUT2D eigenvalue weighted by molar-refractivity contribution is 5.79. The van der Waals surface area contributed by atoms with Gasteiger partial charge >= 0.3 is 0 Å². The van der Waals surface area contributed by atoms with Gasteiger partial charge < -0.3 is 10.6 Å². The second kappa shape index (κ2) is 8.98. The van der Waals surface area contributed by atoms with E-state index in [-0.39, 0.29) is 0 Å². The SMILES string of the molecule is CN=C(NCCCn1cccn1)NCCc1ccc(C)cc1C. The van der Waals surface area contributed by atoms with Gasteiger partial charge in [-0.15, -0.1) is 0 Å². The summed E-state index contributed by atoms with van der Waals surface area (Å²) >= 11 is 0. The summed E-state index contributed by atoms with van der Waals surface area (Å²) < 4.78 is 1.94. The molecule has 2 N–H and O–H groups in total. The first-order chi connectivity index (χ1) is 11.2. The van der Waals surface area contributed by atoms with Crippen LogP contribution in [0.15, 0.2) is 41.7 Å². The minimum Gasteiger partial charge on any atom is -0.356 e. The maximum absolute atomic E-state index is 4.26. The highest BCUT2D eigenvalue weighted by atomic mass is 15.3. The molecule has 23 heavy (non-hydrogen) atoms. The topological polar surface area (TPSA) is 54.2 Å². The Labute approximate surface area is 138 Å². The molecule has 0 aliphatic carbocycles. The smallest absolute Gasteiger partial charge is 0.190 e. The number of aryl methyl sites for hydroxylation is 3. The normalized spacial score (nSPS) is 11.5. The first-order valence-electron chi connectivity index (χ1n) is 8.17. The number of benzene rings is 1. The molecule has 0 radical (unpaired) electrons. The van der Waals surface area contributed by atoms with E-state index in [9.17, 15) is 0 Å². The molecule has 0 aliphatic heterocycles. The Morgan fingerprint density at radius 3 is 2.74 bits per heavy atom. The van der Waals surface area contributed by atoms with Gasteiger partial charge in [0.1, 0.15) is 0 Å². The van der Waals surface area contributed by atoms with Crippen LogP contribution in [0.1, 0.15) is 23.1 Å². The molecule has 0 bridgehead atoms. The summed E-state index contributed by atoms with van der Waals surface area (Å²) in [6.45, 7) is 6.97. The van der Waals surface area contributed by atoms with Crippen LogP contribution in [0.25, 0.3) is 0 Å². The van der Waals surface area contributed by atoms with Crippen LogP contribution >= 0.6 is 0 Å². The van der Waals surface area contributed by atoms with Crippen molar-refractivity contribution < 1.29 is 0 Å². The van der Waals surface area contributed by atoms with Gasteiger partial charge in [-0.3, -0.25) is 9.67 Å². The zero-order chi connectivity index (χ0) is 16.5. The van der Waals surface area contributed by atoms with Crippen molar-refractivity contribution in [3.8, 4) is 0 Å². The molecule has 1 aromatic carbocycles. The summed E-state index contributed by atoms with van der Waals surface area (Å²) in [6.07, 6.45) is 5.80. The standard InChI is InChI=1S/C18H27N5/c1-15-6-7-17(16(2)14-15)8-11-21-18(19-3)20-9-4-12-23-13-5-10-22-23/h5-7,10,13-14H,4,8-9,11-12H2,1-3H3,(H2,19,20,21). The Balaban J connectivity index is 1.66. The number of hydrogen-bond acceptors (Lipinski definition) is 2. The quantitative estimate of drug-likeness (QED) is 0.468. The lowest BCUT2D eigenvalue weighted by molar-refractivity contribution is 0.570. The minimum atomic E-state index is 0.857. The highest BCUT2D eigenvalue weighted by Gasteiger charge is 2.01. The summed E-state index contributed by atoms with van der Waals surface area (Å²) in [5.74, 6) is 0.857. The monoisotopic (exact) mass is 313 g/mol. The number of aliphatic imine (C=N–C) groups is 1. The molecule has 2 aromatic rings. The van der Waals surface area contributed by atoms with Crippen LogP contribution < -0.4 is 10.6 Å². The maximum Gasteiger partial charge on any atom is 0.190 e. The minimum absolute atomic E-state index is 0.857. The molecule has 1 heterocycles. The van der Waals surface area contributed by atoms with Gasteiger partial charge in [-0.2, -0.15) is 5.10 Å². The van der Waals surface area contributed by atoms with Crippen molar-refractivity contribution in [2.45, 2.75) is 33.2 Å². The molecular formula is C18H27N5. The second-order valence-electron chi connectivity index (χ2n) is 5.73. The molecule has 1 aromatic heterocycles. The average molecular weight is 313 g/mol. The third-order valence-corrected chi connectivity index (χ3v) is 3.82. The number of hydrogen-bond donors (Lipinski definition) is 2. The van der Waals surface area contributed by atoms with Gasteiger partial charge in [0, 0.05) is 39.1 Å². The van der Waals surface area contributed by atoms with Gasteiger partial charge in [0.25, 0.3) is 0 Å². The summed E-state index contributed by atoms with van der Waals surface area (Å²) in [7, 11) is 1.81. The average Bonchev–Trinajstić information content (AvgIpc) is 3.05. The lowest BCUT2D eigenvalue weighted by Crippen LogP contribution is -2.39. The number of aromatic nitrogens is 2. The van der Waals surface area contributed by atoms with E-state index in [1.807, 2.05) is 16.9 Å². The van der Waals surface area contributed by atoms with E-state index in [0.717, 1.165) is 38.4 Å². The van der Waals surface area contributed by atoms with E-state index < -0.39 is 0 Å². The van der Waals surface area contributed by atoms with E-state index in [2.05, 4.69) is 52.8 Å². The zero-order valence-electron chi connectivity index (χ0n) is 14.3. The van der Waals surface area contributed by atoms with Crippen LogP contribution in [0.5, 0.6) is 0 Å². The van der Waals surface area contributed by atoms with Crippen molar-refractivity contribution in [2.75, 3.05) is 20.1 Å². The first-order valence-corrected chi connectivity index (χ1v) is 8.17. The van der Waals surface area contributed by atoms with Crippen LogP contribution in [-0.2, 0) is 13.0 Å². The Kier molecular flexibility index (Phi) is 6.66. The van der Waals surface area contributed by atoms with Crippen molar-refractivity contribution in [1.29, 1.82) is 0 Å². The van der Waals surface area contributed by atoms with Crippen molar-refractivity contribution >= 4 is 5.96 Å². The lowest BCUT2D eigenvalue weighted by atomic mass is 10.0. The zero-order valence-corrected chi connectivity index (χ0v) is 14.3. The predicted octanol–water partition coefficient (Wildman–Crippen LogP) is 2.30. The molecule has 5 heteroatoms. The Bertz CT molecular complexity index is 616. The van der Waals surface area contributed by atoms with E-state index in [1.54, 1.807) is 13.2 Å². The van der Waals surface area contributed by atoms with Crippen molar-refractivity contribution in [3.05, 3.63) is 53.3 Å². The van der Waals surface area contributed by atoms with Crippen molar-refractivity contribution in [1.82, 2.24) is 20.4 Å². The Morgan fingerprint density at radius 2 is 2.04 bits per heavy atom. The maximum atomic E-state index is 4.26. The largest absolute Gasteiger partial charge is 0.356 e. The van der Waals surface area contributed by atoms with Crippen LogP contribution in [0.2, 0.25) is 0 Å². The molecule has 5 nitrogen and oxygen atoms in total. The van der Waals surface area contributed by atoms with E-state index in [4.69, 9.17) is 0 Å². The molecular weight excluding hydrogens is 286 g/mol. The lowest BCUT2D eigenvalue weighted by Gasteiger charge is -2.13. The molecule has 0 fully saturated rings. The summed E-state index contributed by atoms with van der Waals surface area (Å²) in [4.78, 5) is 4.26. The predicted molar refractivity (Wildman–Crippen MR) is 95.8 cm³/mol. The van der Waals surface area contributed by atoms with E-state index >= 15 is 0 Å².